The molecule has 0 saturated heterocycles. The van der Waals surface area contributed by atoms with Crippen molar-refractivity contribution in [2.75, 3.05) is 0 Å². The molecule has 0 saturated carbocycles. The molecule has 1 unspecified atom stereocenters. The Morgan fingerprint density at radius 2 is 2.11 bits per heavy atom. The molecule has 0 spiro atoms. The van der Waals surface area contributed by atoms with Crippen LogP contribution >= 0.6 is 0 Å². The van der Waals surface area contributed by atoms with Crippen LogP contribution in [0.25, 0.3) is 11.0 Å². The van der Waals surface area contributed by atoms with Gasteiger partial charge in [0.05, 0.1) is 0 Å². The van der Waals surface area contributed by atoms with E-state index in [-0.39, 0.29) is 5.82 Å². The monoisotopic (exact) mass is 317 g/mol. The van der Waals surface area contributed by atoms with E-state index in [2.05, 4.69) is 10.1 Å². The molecular formula is C12H8AsN3O3. The van der Waals surface area contributed by atoms with E-state index >= 15 is 0 Å². The number of hydrogen-bond donors (Lipinski definition) is 0. The minimum absolute atomic E-state index is 0.131. The van der Waals surface area contributed by atoms with E-state index in [4.69, 9.17) is 4.52 Å². The van der Waals surface area contributed by atoms with Gasteiger partial charge >= 0.3 is 114 Å². The maximum atomic E-state index is 10.7. The standard InChI is InChI=1S/C12H8AsN3O3/c17-16(18)11-7-8(5-6-14-11)13-12-9-3-1-2-4-10(9)19-15-12/h1-7,13H. The number of rotatable bonds is 3. The van der Waals surface area contributed by atoms with Crippen LogP contribution in [-0.2, 0) is 0 Å². The first-order valence-electron chi connectivity index (χ1n) is 5.46. The van der Waals surface area contributed by atoms with Gasteiger partial charge in [0.15, 0.2) is 0 Å². The number of nitro groups is 1. The van der Waals surface area contributed by atoms with Gasteiger partial charge in [-0.25, -0.2) is 0 Å². The molecule has 0 bridgehead atoms. The molecule has 19 heavy (non-hydrogen) atoms. The molecule has 0 aliphatic carbocycles. The number of benzene rings is 1. The topological polar surface area (TPSA) is 82.1 Å². The Morgan fingerprint density at radius 3 is 2.95 bits per heavy atom. The van der Waals surface area contributed by atoms with Crippen LogP contribution in [-0.4, -0.2) is 30.8 Å². The van der Waals surface area contributed by atoms with Gasteiger partial charge in [-0.3, -0.25) is 0 Å². The fourth-order valence-corrected chi connectivity index (χ4v) is 3.94. The maximum absolute atomic E-state index is 10.7. The summed E-state index contributed by atoms with van der Waals surface area (Å²) in [6.07, 6.45) is 1.46. The van der Waals surface area contributed by atoms with Gasteiger partial charge in [-0.05, 0) is 0 Å². The van der Waals surface area contributed by atoms with Crippen molar-refractivity contribution in [3.63, 3.8) is 0 Å². The second-order valence-corrected chi connectivity index (χ2v) is 6.54. The molecule has 0 aliphatic rings. The first-order chi connectivity index (χ1) is 9.24. The quantitative estimate of drug-likeness (QED) is 0.399. The van der Waals surface area contributed by atoms with E-state index in [0.717, 1.165) is 19.8 Å². The Labute approximate surface area is 114 Å². The summed E-state index contributed by atoms with van der Waals surface area (Å²) in [5.41, 5.74) is 0.741. The van der Waals surface area contributed by atoms with Crippen molar-refractivity contribution in [1.82, 2.24) is 10.1 Å². The predicted molar refractivity (Wildman–Crippen MR) is 71.3 cm³/mol. The molecule has 3 rings (SSSR count). The predicted octanol–water partition coefficient (Wildman–Crippen LogP) is 0.518. The van der Waals surface area contributed by atoms with E-state index in [0.29, 0.717) is 0 Å². The Kier molecular flexibility index (Phi) is 3.01. The zero-order valence-corrected chi connectivity index (χ0v) is 11.7. The van der Waals surface area contributed by atoms with E-state index < -0.39 is 20.7 Å². The van der Waals surface area contributed by atoms with Crippen LogP contribution in [0.5, 0.6) is 0 Å². The van der Waals surface area contributed by atoms with Crippen molar-refractivity contribution >= 4 is 41.4 Å². The fraction of sp³-hybridized carbons (Fsp3) is 0. The van der Waals surface area contributed by atoms with Crippen molar-refractivity contribution in [3.8, 4) is 0 Å². The van der Waals surface area contributed by atoms with Crippen molar-refractivity contribution in [2.45, 2.75) is 0 Å². The summed E-state index contributed by atoms with van der Waals surface area (Å²) < 4.78 is 7.02. The Morgan fingerprint density at radius 1 is 1.26 bits per heavy atom. The SMILES string of the molecule is O=[N+]([O-])c1cc([AsH]c2noc3ccccc23)ccn1. The van der Waals surface area contributed by atoms with Crippen LogP contribution in [0.15, 0.2) is 47.1 Å². The molecule has 6 nitrogen and oxygen atoms in total. The van der Waals surface area contributed by atoms with Gasteiger partial charge in [0.2, 0.25) is 0 Å². The van der Waals surface area contributed by atoms with Gasteiger partial charge in [-0.1, -0.05) is 0 Å². The molecule has 0 fully saturated rings. The van der Waals surface area contributed by atoms with E-state index in [1.165, 1.54) is 12.3 Å². The molecule has 1 aromatic carbocycles. The average Bonchev–Trinajstić information content (AvgIpc) is 2.83. The molecule has 0 aliphatic heterocycles. The first-order valence-corrected chi connectivity index (χ1v) is 7.56. The van der Waals surface area contributed by atoms with E-state index in [1.54, 1.807) is 6.07 Å². The second kappa shape index (κ2) is 4.82. The van der Waals surface area contributed by atoms with Crippen LogP contribution in [0.1, 0.15) is 0 Å². The van der Waals surface area contributed by atoms with E-state index in [9.17, 15) is 10.1 Å². The summed E-state index contributed by atoms with van der Waals surface area (Å²) in [5, 5.41) is 15.7. The molecule has 1 atom stereocenters. The van der Waals surface area contributed by atoms with Crippen molar-refractivity contribution in [3.05, 3.63) is 52.7 Å². The third-order valence-corrected chi connectivity index (χ3v) is 5.08. The average molecular weight is 317 g/mol. The van der Waals surface area contributed by atoms with Gasteiger partial charge in [-0.2, -0.15) is 0 Å². The molecule has 0 amide bonds. The molecule has 2 heterocycles. The zero-order chi connectivity index (χ0) is 13.2. The van der Waals surface area contributed by atoms with Crippen LogP contribution in [0.2, 0.25) is 0 Å². The van der Waals surface area contributed by atoms with Crippen LogP contribution < -0.4 is 8.83 Å². The van der Waals surface area contributed by atoms with Crippen molar-refractivity contribution < 1.29 is 9.45 Å². The number of pyridine rings is 1. The number of nitrogens with zero attached hydrogens (tertiary/aromatic N) is 3. The molecular weight excluding hydrogens is 309 g/mol. The molecule has 94 valence electrons. The third-order valence-electron chi connectivity index (χ3n) is 2.57. The first kappa shape index (κ1) is 11.9. The second-order valence-electron chi connectivity index (χ2n) is 3.81. The number of aromatic nitrogens is 2. The van der Waals surface area contributed by atoms with Gasteiger partial charge in [-0.15, -0.1) is 0 Å². The Balaban J connectivity index is 1.97. The number of hydrogen-bond acceptors (Lipinski definition) is 5. The summed E-state index contributed by atoms with van der Waals surface area (Å²) in [7, 11) is 0. The molecule has 2 aromatic heterocycles. The number of fused-ring (bicyclic) bond motifs is 1. The van der Waals surface area contributed by atoms with E-state index in [1.807, 2.05) is 24.3 Å². The summed E-state index contributed by atoms with van der Waals surface area (Å²) >= 11 is -0.778. The fourth-order valence-electron chi connectivity index (χ4n) is 1.71. The van der Waals surface area contributed by atoms with Gasteiger partial charge < -0.3 is 0 Å². The zero-order valence-electron chi connectivity index (χ0n) is 9.61. The van der Waals surface area contributed by atoms with Gasteiger partial charge in [0.25, 0.3) is 0 Å². The summed E-state index contributed by atoms with van der Waals surface area (Å²) in [6, 6.07) is 10.9. The van der Waals surface area contributed by atoms with Crippen LogP contribution in [0.3, 0.4) is 0 Å². The molecule has 3 aromatic rings. The van der Waals surface area contributed by atoms with Crippen molar-refractivity contribution in [2.24, 2.45) is 0 Å². The van der Waals surface area contributed by atoms with Gasteiger partial charge in [0, 0.05) is 0 Å². The molecule has 0 radical (unpaired) electrons. The number of para-hydroxylation sites is 1. The molecule has 0 N–H and O–H groups in total. The van der Waals surface area contributed by atoms with Crippen LogP contribution in [0, 0.1) is 10.1 Å². The summed E-state index contributed by atoms with van der Waals surface area (Å²) in [6.45, 7) is 0. The Hall–Kier alpha value is -2.20. The third kappa shape index (κ3) is 2.35. The minimum atomic E-state index is -0.778. The van der Waals surface area contributed by atoms with Crippen LogP contribution in [0.4, 0.5) is 5.82 Å². The van der Waals surface area contributed by atoms with Gasteiger partial charge in [0.1, 0.15) is 0 Å². The normalized spacial score (nSPS) is 11.4. The summed E-state index contributed by atoms with van der Waals surface area (Å²) in [4.78, 5) is 13.9. The van der Waals surface area contributed by atoms with Crippen molar-refractivity contribution in [1.29, 1.82) is 0 Å². The summed E-state index contributed by atoms with van der Waals surface area (Å²) in [5.74, 6) is -0.131. The molecule has 7 heteroatoms. The Bertz CT molecular complexity index is 757.